The molecule has 4 nitrogen and oxygen atoms in total. The average Bonchev–Trinajstić information content (AvgIpc) is 2.63. The van der Waals surface area contributed by atoms with Crippen molar-refractivity contribution in [3.63, 3.8) is 0 Å². The van der Waals surface area contributed by atoms with E-state index in [1.54, 1.807) is 6.07 Å². The van der Waals surface area contributed by atoms with E-state index in [1.165, 1.54) is 0 Å². The first kappa shape index (κ1) is 20.1. The van der Waals surface area contributed by atoms with Gasteiger partial charge in [0.1, 0.15) is 18.1 Å². The summed E-state index contributed by atoms with van der Waals surface area (Å²) in [5, 5.41) is 3.68. The fourth-order valence-electron chi connectivity index (χ4n) is 2.41. The molecule has 1 amide bonds. The minimum Gasteiger partial charge on any atom is -0.493 e. The number of amides is 1. The van der Waals surface area contributed by atoms with Gasteiger partial charge in [-0.05, 0) is 69.2 Å². The Morgan fingerprint density at radius 1 is 1.15 bits per heavy atom. The molecular formula is C21H26ClNO3. The highest BCUT2D eigenvalue weighted by Crippen LogP contribution is 2.25. The zero-order valence-corrected chi connectivity index (χ0v) is 16.5. The van der Waals surface area contributed by atoms with Crippen molar-refractivity contribution in [1.29, 1.82) is 0 Å². The van der Waals surface area contributed by atoms with Gasteiger partial charge in [-0.3, -0.25) is 4.79 Å². The molecule has 0 radical (unpaired) electrons. The number of carbonyl (C=O) groups is 1. The molecule has 0 aromatic heterocycles. The quantitative estimate of drug-likeness (QED) is 0.693. The second-order valence-corrected chi connectivity index (χ2v) is 6.65. The third-order valence-corrected chi connectivity index (χ3v) is 4.56. The van der Waals surface area contributed by atoms with E-state index in [0.717, 1.165) is 29.0 Å². The third kappa shape index (κ3) is 5.40. The summed E-state index contributed by atoms with van der Waals surface area (Å²) >= 11 is 6.05. The van der Waals surface area contributed by atoms with Crippen LogP contribution in [0.4, 0.5) is 0 Å². The molecule has 26 heavy (non-hydrogen) atoms. The highest BCUT2D eigenvalue weighted by atomic mass is 35.5. The summed E-state index contributed by atoms with van der Waals surface area (Å²) in [6.45, 7) is 8.74. The minimum atomic E-state index is -0.0917. The zero-order valence-electron chi connectivity index (χ0n) is 15.8. The molecule has 2 aromatic carbocycles. The number of rotatable bonds is 8. The van der Waals surface area contributed by atoms with Gasteiger partial charge in [0.05, 0.1) is 6.61 Å². The lowest BCUT2D eigenvalue weighted by molar-refractivity contribution is 0.0939. The molecule has 0 aliphatic rings. The molecule has 1 atom stereocenters. The van der Waals surface area contributed by atoms with Crippen LogP contribution in [0.25, 0.3) is 0 Å². The molecule has 0 aliphatic carbocycles. The Bertz CT molecular complexity index is 761. The largest absolute Gasteiger partial charge is 0.493 e. The maximum absolute atomic E-state index is 12.4. The predicted octanol–water partition coefficient (Wildman–Crippen LogP) is 5.15. The molecule has 0 saturated carbocycles. The maximum atomic E-state index is 12.4. The van der Waals surface area contributed by atoms with Gasteiger partial charge in [-0.15, -0.1) is 0 Å². The average molecular weight is 376 g/mol. The van der Waals surface area contributed by atoms with Crippen molar-refractivity contribution in [2.75, 3.05) is 6.61 Å². The number of ether oxygens (including phenoxy) is 2. The summed E-state index contributed by atoms with van der Waals surface area (Å²) in [6.07, 6.45) is 0.884. The number of benzene rings is 2. The third-order valence-electron chi connectivity index (χ3n) is 4.14. The first-order valence-electron chi connectivity index (χ1n) is 8.90. The molecule has 5 heteroatoms. The summed E-state index contributed by atoms with van der Waals surface area (Å²) in [7, 11) is 0. The number of nitrogens with one attached hydrogen (secondary N) is 1. The molecule has 0 heterocycles. The van der Waals surface area contributed by atoms with E-state index in [-0.39, 0.29) is 11.9 Å². The number of hydrogen-bond donors (Lipinski definition) is 1. The van der Waals surface area contributed by atoms with E-state index >= 15 is 0 Å². The van der Waals surface area contributed by atoms with Gasteiger partial charge >= 0.3 is 0 Å². The normalized spacial score (nSPS) is 11.7. The number of aryl methyl sites for hydroxylation is 1. The highest BCUT2D eigenvalue weighted by Gasteiger charge is 2.13. The van der Waals surface area contributed by atoms with E-state index in [0.29, 0.717) is 23.8 Å². The van der Waals surface area contributed by atoms with Gasteiger partial charge < -0.3 is 14.8 Å². The van der Waals surface area contributed by atoms with Crippen LogP contribution in [0.2, 0.25) is 5.02 Å². The van der Waals surface area contributed by atoms with Gasteiger partial charge in [-0.25, -0.2) is 0 Å². The smallest absolute Gasteiger partial charge is 0.251 e. The molecule has 0 fully saturated rings. The van der Waals surface area contributed by atoms with Crippen LogP contribution in [-0.2, 0) is 6.61 Å². The molecule has 2 rings (SSSR count). The molecule has 0 unspecified atom stereocenters. The number of hydrogen-bond acceptors (Lipinski definition) is 3. The SMILES string of the molecule is CCOc1ccc(C(=O)N[C@H](C)CC)cc1COc1ccc(Cl)c(C)c1. The van der Waals surface area contributed by atoms with Crippen molar-refractivity contribution < 1.29 is 14.3 Å². The minimum absolute atomic E-state index is 0.0917. The second kappa shape index (κ2) is 9.48. The predicted molar refractivity (Wildman–Crippen MR) is 105 cm³/mol. The van der Waals surface area contributed by atoms with E-state index in [2.05, 4.69) is 5.32 Å². The lowest BCUT2D eigenvalue weighted by Gasteiger charge is -2.15. The second-order valence-electron chi connectivity index (χ2n) is 6.24. The van der Waals surface area contributed by atoms with Crippen LogP contribution in [0.1, 0.15) is 48.7 Å². The van der Waals surface area contributed by atoms with E-state index in [4.69, 9.17) is 21.1 Å². The van der Waals surface area contributed by atoms with Crippen LogP contribution >= 0.6 is 11.6 Å². The Hall–Kier alpha value is -2.20. The van der Waals surface area contributed by atoms with Gasteiger partial charge in [-0.1, -0.05) is 18.5 Å². The van der Waals surface area contributed by atoms with Crippen molar-refractivity contribution in [3.05, 3.63) is 58.1 Å². The van der Waals surface area contributed by atoms with Crippen molar-refractivity contribution in [3.8, 4) is 11.5 Å². The van der Waals surface area contributed by atoms with Crippen LogP contribution in [0.5, 0.6) is 11.5 Å². The first-order chi connectivity index (χ1) is 12.4. The van der Waals surface area contributed by atoms with Crippen molar-refractivity contribution in [2.24, 2.45) is 0 Å². The summed E-state index contributed by atoms with van der Waals surface area (Å²) in [5.74, 6) is 1.35. The number of carbonyl (C=O) groups excluding carboxylic acids is 1. The van der Waals surface area contributed by atoms with E-state index in [9.17, 15) is 4.79 Å². The molecule has 2 aromatic rings. The Morgan fingerprint density at radius 3 is 2.58 bits per heavy atom. The van der Waals surface area contributed by atoms with Crippen LogP contribution < -0.4 is 14.8 Å². The Kier molecular flexibility index (Phi) is 7.34. The maximum Gasteiger partial charge on any atom is 0.251 e. The Balaban J connectivity index is 2.19. The van der Waals surface area contributed by atoms with Crippen LogP contribution in [0, 0.1) is 6.92 Å². The van der Waals surface area contributed by atoms with E-state index < -0.39 is 0 Å². The lowest BCUT2D eigenvalue weighted by atomic mass is 10.1. The van der Waals surface area contributed by atoms with Gasteiger partial charge in [0.15, 0.2) is 0 Å². The van der Waals surface area contributed by atoms with Crippen LogP contribution in [0.3, 0.4) is 0 Å². The molecule has 0 bridgehead atoms. The molecule has 1 N–H and O–H groups in total. The Morgan fingerprint density at radius 2 is 1.92 bits per heavy atom. The first-order valence-corrected chi connectivity index (χ1v) is 9.27. The van der Waals surface area contributed by atoms with Crippen molar-refractivity contribution >= 4 is 17.5 Å². The zero-order chi connectivity index (χ0) is 19.1. The summed E-state index contributed by atoms with van der Waals surface area (Å²) < 4.78 is 11.6. The van der Waals surface area contributed by atoms with Gasteiger partial charge in [-0.2, -0.15) is 0 Å². The molecular weight excluding hydrogens is 350 g/mol. The molecule has 0 spiro atoms. The fraction of sp³-hybridized carbons (Fsp3) is 0.381. The van der Waals surface area contributed by atoms with Crippen molar-refractivity contribution in [2.45, 2.75) is 46.8 Å². The summed E-state index contributed by atoms with van der Waals surface area (Å²) in [6, 6.07) is 11.1. The lowest BCUT2D eigenvalue weighted by Crippen LogP contribution is -2.32. The monoisotopic (exact) mass is 375 g/mol. The van der Waals surface area contributed by atoms with Gasteiger partial charge in [0.25, 0.3) is 5.91 Å². The Labute approximate surface area is 160 Å². The summed E-state index contributed by atoms with van der Waals surface area (Å²) in [4.78, 5) is 12.4. The standard InChI is InChI=1S/C21H26ClNO3/c1-5-15(4)23-21(24)16-7-10-20(25-6-2)17(12-16)13-26-18-8-9-19(22)14(3)11-18/h7-12,15H,5-6,13H2,1-4H3,(H,23,24)/t15-/m1/s1. The van der Waals surface area contributed by atoms with Gasteiger partial charge in [0.2, 0.25) is 0 Å². The van der Waals surface area contributed by atoms with E-state index in [1.807, 2.05) is 58.0 Å². The van der Waals surface area contributed by atoms with Crippen LogP contribution in [-0.4, -0.2) is 18.6 Å². The highest BCUT2D eigenvalue weighted by molar-refractivity contribution is 6.31. The van der Waals surface area contributed by atoms with Crippen LogP contribution in [0.15, 0.2) is 36.4 Å². The summed E-state index contributed by atoms with van der Waals surface area (Å²) in [5.41, 5.74) is 2.38. The molecule has 0 aliphatic heterocycles. The molecule has 140 valence electrons. The number of halogens is 1. The van der Waals surface area contributed by atoms with Gasteiger partial charge in [0, 0.05) is 22.2 Å². The topological polar surface area (TPSA) is 47.6 Å². The molecule has 0 saturated heterocycles. The van der Waals surface area contributed by atoms with Crippen molar-refractivity contribution in [1.82, 2.24) is 5.32 Å². The fourth-order valence-corrected chi connectivity index (χ4v) is 2.52.